The fourth-order valence-corrected chi connectivity index (χ4v) is 3.99. The first-order valence-corrected chi connectivity index (χ1v) is 9.27. The number of carbonyl (C=O) groups is 1. The Morgan fingerprint density at radius 2 is 1.83 bits per heavy atom. The lowest BCUT2D eigenvalue weighted by atomic mass is 10.1. The number of sulfonamides is 1. The Balaban J connectivity index is 1.91. The van der Waals surface area contributed by atoms with E-state index in [4.69, 9.17) is 0 Å². The minimum absolute atomic E-state index is 0.0300. The van der Waals surface area contributed by atoms with E-state index >= 15 is 0 Å². The second kappa shape index (κ2) is 5.94. The summed E-state index contributed by atoms with van der Waals surface area (Å²) >= 11 is 0. The van der Waals surface area contributed by atoms with E-state index < -0.39 is 10.0 Å². The van der Waals surface area contributed by atoms with Crippen molar-refractivity contribution in [3.63, 3.8) is 0 Å². The molecule has 1 amide bonds. The lowest BCUT2D eigenvalue weighted by Crippen LogP contribution is -2.25. The van der Waals surface area contributed by atoms with Crippen molar-refractivity contribution in [2.24, 2.45) is 0 Å². The van der Waals surface area contributed by atoms with Gasteiger partial charge in [-0.05, 0) is 67.3 Å². The van der Waals surface area contributed by atoms with Gasteiger partial charge >= 0.3 is 0 Å². The molecule has 1 N–H and O–H groups in total. The molecule has 0 radical (unpaired) electrons. The largest absolute Gasteiger partial charge is 0.312 e. The first-order chi connectivity index (χ1) is 11.3. The van der Waals surface area contributed by atoms with Crippen molar-refractivity contribution in [1.82, 2.24) is 0 Å². The van der Waals surface area contributed by atoms with Crippen molar-refractivity contribution in [3.8, 4) is 0 Å². The highest BCUT2D eigenvalue weighted by Crippen LogP contribution is 2.30. The summed E-state index contributed by atoms with van der Waals surface area (Å²) in [4.78, 5) is 13.5. The summed E-state index contributed by atoms with van der Waals surface area (Å²) in [5, 5.41) is 0. The molecule has 1 heterocycles. The lowest BCUT2D eigenvalue weighted by molar-refractivity contribution is -0.116. The van der Waals surface area contributed by atoms with Gasteiger partial charge in [-0.1, -0.05) is 6.07 Å². The van der Waals surface area contributed by atoms with Gasteiger partial charge in [-0.2, -0.15) is 0 Å². The fourth-order valence-electron chi connectivity index (χ4n) is 2.89. The first-order valence-electron chi connectivity index (χ1n) is 7.79. The van der Waals surface area contributed by atoms with E-state index in [0.29, 0.717) is 18.7 Å². The molecule has 6 heteroatoms. The van der Waals surface area contributed by atoms with Crippen molar-refractivity contribution in [1.29, 1.82) is 0 Å². The number of rotatable bonds is 3. The van der Waals surface area contributed by atoms with Gasteiger partial charge in [0.1, 0.15) is 0 Å². The van der Waals surface area contributed by atoms with Crippen molar-refractivity contribution in [2.45, 2.75) is 32.1 Å². The third-order valence-electron chi connectivity index (χ3n) is 4.40. The molecule has 3 rings (SSSR count). The van der Waals surface area contributed by atoms with Gasteiger partial charge in [0, 0.05) is 24.8 Å². The molecule has 0 atom stereocenters. The molecule has 0 fully saturated rings. The Bertz CT molecular complexity index is 920. The highest BCUT2D eigenvalue weighted by Gasteiger charge is 2.24. The predicted octanol–water partition coefficient (Wildman–Crippen LogP) is 3.01. The number of aryl methyl sites for hydroxylation is 2. The van der Waals surface area contributed by atoms with E-state index in [-0.39, 0.29) is 10.8 Å². The Morgan fingerprint density at radius 3 is 2.50 bits per heavy atom. The zero-order valence-corrected chi connectivity index (χ0v) is 14.8. The summed E-state index contributed by atoms with van der Waals surface area (Å²) in [6, 6.07) is 10.4. The van der Waals surface area contributed by atoms with Gasteiger partial charge in [0.15, 0.2) is 0 Å². The number of nitrogens with zero attached hydrogens (tertiary/aromatic N) is 1. The van der Waals surface area contributed by atoms with Crippen LogP contribution in [0.2, 0.25) is 0 Å². The topological polar surface area (TPSA) is 66.5 Å². The van der Waals surface area contributed by atoms with Gasteiger partial charge in [0.2, 0.25) is 5.91 Å². The molecule has 1 aliphatic rings. The van der Waals surface area contributed by atoms with E-state index in [9.17, 15) is 13.2 Å². The highest BCUT2D eigenvalue weighted by atomic mass is 32.2. The van der Waals surface area contributed by atoms with Crippen molar-refractivity contribution >= 4 is 27.3 Å². The van der Waals surface area contributed by atoms with E-state index in [0.717, 1.165) is 22.4 Å². The summed E-state index contributed by atoms with van der Waals surface area (Å²) in [6.45, 7) is 6.04. The predicted molar refractivity (Wildman–Crippen MR) is 94.9 cm³/mol. The van der Waals surface area contributed by atoms with Crippen LogP contribution in [0.15, 0.2) is 41.3 Å². The number of carbonyl (C=O) groups excluding carboxylic acids is 1. The zero-order valence-electron chi connectivity index (χ0n) is 14.0. The molecule has 2 aromatic rings. The number of hydrogen-bond acceptors (Lipinski definition) is 3. The van der Waals surface area contributed by atoms with Crippen molar-refractivity contribution in [2.75, 3.05) is 16.2 Å². The molecule has 0 unspecified atom stereocenters. The third kappa shape index (κ3) is 3.01. The number of fused-ring (bicyclic) bond motifs is 1. The molecular formula is C18H20N2O3S. The number of nitrogens with one attached hydrogen (secondary N) is 1. The zero-order chi connectivity index (χ0) is 17.5. The SMILES string of the molecule is CC(=O)N1CCc2cc(S(=O)(=O)Nc3ccc(C)c(C)c3)ccc21. The Morgan fingerprint density at radius 1 is 1.08 bits per heavy atom. The van der Waals surface area contributed by atoms with Gasteiger partial charge in [0.25, 0.3) is 10.0 Å². The van der Waals surface area contributed by atoms with Crippen LogP contribution in [0.25, 0.3) is 0 Å². The maximum absolute atomic E-state index is 12.6. The Kier molecular flexibility index (Phi) is 4.09. The smallest absolute Gasteiger partial charge is 0.261 e. The van der Waals surface area contributed by atoms with E-state index in [1.54, 1.807) is 29.2 Å². The monoisotopic (exact) mass is 344 g/mol. The summed E-state index contributed by atoms with van der Waals surface area (Å²) < 4.78 is 27.9. The molecule has 0 spiro atoms. The van der Waals surface area contributed by atoms with Crippen molar-refractivity contribution < 1.29 is 13.2 Å². The van der Waals surface area contributed by atoms with Gasteiger partial charge in [-0.3, -0.25) is 9.52 Å². The van der Waals surface area contributed by atoms with Crippen LogP contribution in [0, 0.1) is 13.8 Å². The van der Waals surface area contributed by atoms with E-state index in [2.05, 4.69) is 4.72 Å². The Hall–Kier alpha value is -2.34. The minimum atomic E-state index is -3.66. The maximum atomic E-state index is 12.6. The molecule has 24 heavy (non-hydrogen) atoms. The van der Waals surface area contributed by atoms with Gasteiger partial charge in [0.05, 0.1) is 4.90 Å². The van der Waals surface area contributed by atoms with Crippen LogP contribution in [-0.4, -0.2) is 20.9 Å². The van der Waals surface area contributed by atoms with Crippen LogP contribution in [-0.2, 0) is 21.2 Å². The maximum Gasteiger partial charge on any atom is 0.261 e. The third-order valence-corrected chi connectivity index (χ3v) is 5.78. The number of anilines is 2. The van der Waals surface area contributed by atoms with Crippen LogP contribution in [0.3, 0.4) is 0 Å². The first kappa shape index (κ1) is 16.5. The molecule has 126 valence electrons. The second-order valence-electron chi connectivity index (χ2n) is 6.12. The molecule has 0 saturated carbocycles. The van der Waals surface area contributed by atoms with E-state index in [1.807, 2.05) is 26.0 Å². The fraction of sp³-hybridized carbons (Fsp3) is 0.278. The van der Waals surface area contributed by atoms with E-state index in [1.165, 1.54) is 6.92 Å². The average molecular weight is 344 g/mol. The molecule has 2 aromatic carbocycles. The highest BCUT2D eigenvalue weighted by molar-refractivity contribution is 7.92. The minimum Gasteiger partial charge on any atom is -0.312 e. The normalized spacial score (nSPS) is 13.7. The molecular weight excluding hydrogens is 324 g/mol. The molecule has 0 aliphatic carbocycles. The van der Waals surface area contributed by atoms with Crippen LogP contribution in [0.4, 0.5) is 11.4 Å². The molecule has 0 saturated heterocycles. The quantitative estimate of drug-likeness (QED) is 0.931. The number of hydrogen-bond donors (Lipinski definition) is 1. The average Bonchev–Trinajstić information content (AvgIpc) is 2.94. The van der Waals surface area contributed by atoms with Gasteiger partial charge < -0.3 is 4.90 Å². The van der Waals surface area contributed by atoms with Crippen LogP contribution >= 0.6 is 0 Å². The molecule has 0 bridgehead atoms. The van der Waals surface area contributed by atoms with Crippen LogP contribution < -0.4 is 9.62 Å². The lowest BCUT2D eigenvalue weighted by Gasteiger charge is -2.15. The van der Waals surface area contributed by atoms with Crippen molar-refractivity contribution in [3.05, 3.63) is 53.1 Å². The summed E-state index contributed by atoms with van der Waals surface area (Å²) in [5.74, 6) is -0.0300. The Labute approximate surface area is 142 Å². The molecule has 0 aromatic heterocycles. The second-order valence-corrected chi connectivity index (χ2v) is 7.80. The molecule has 5 nitrogen and oxygen atoms in total. The summed E-state index contributed by atoms with van der Waals surface area (Å²) in [7, 11) is -3.66. The van der Waals surface area contributed by atoms with Crippen LogP contribution in [0.5, 0.6) is 0 Å². The van der Waals surface area contributed by atoms with Gasteiger partial charge in [-0.15, -0.1) is 0 Å². The summed E-state index contributed by atoms with van der Waals surface area (Å²) in [5.41, 5.74) is 4.37. The number of amides is 1. The summed E-state index contributed by atoms with van der Waals surface area (Å²) in [6.07, 6.45) is 0.669. The van der Waals surface area contributed by atoms with Crippen LogP contribution in [0.1, 0.15) is 23.6 Å². The number of benzene rings is 2. The molecule has 1 aliphatic heterocycles. The standard InChI is InChI=1S/C18H20N2O3S/c1-12-4-5-16(10-13(12)2)19-24(22,23)17-6-7-18-15(11-17)8-9-20(18)14(3)21/h4-7,10-11,19H,8-9H2,1-3H3. The van der Waals surface area contributed by atoms with Gasteiger partial charge in [-0.25, -0.2) is 8.42 Å².